The smallest absolute Gasteiger partial charge is 0.253 e. The lowest BCUT2D eigenvalue weighted by Gasteiger charge is -2.34. The molecule has 3 heterocycles. The van der Waals surface area contributed by atoms with Gasteiger partial charge in [0.1, 0.15) is 0 Å². The Morgan fingerprint density at radius 1 is 1.00 bits per heavy atom. The Bertz CT molecular complexity index is 898. The molecule has 4 nitrogen and oxygen atoms in total. The molecule has 1 fully saturated rings. The van der Waals surface area contributed by atoms with Crippen molar-refractivity contribution in [3.05, 3.63) is 76.1 Å². The summed E-state index contributed by atoms with van der Waals surface area (Å²) in [5.41, 5.74) is 3.72. The highest BCUT2D eigenvalue weighted by Crippen LogP contribution is 2.19. The first-order valence-electron chi connectivity index (χ1n) is 9.27. The van der Waals surface area contributed by atoms with Gasteiger partial charge >= 0.3 is 0 Å². The Balaban J connectivity index is 1.37. The maximum atomic E-state index is 12.8. The third kappa shape index (κ3) is 4.26. The molecule has 0 aliphatic carbocycles. The second kappa shape index (κ2) is 8.03. The molecule has 1 amide bonds. The minimum atomic E-state index is 0.120. The van der Waals surface area contributed by atoms with Crippen LogP contribution in [-0.2, 0) is 6.54 Å². The van der Waals surface area contributed by atoms with E-state index < -0.39 is 0 Å². The zero-order valence-corrected chi connectivity index (χ0v) is 16.3. The van der Waals surface area contributed by atoms with Crippen molar-refractivity contribution in [2.75, 3.05) is 26.2 Å². The average molecular weight is 378 g/mol. The SMILES string of the molecule is Cc1cccc(-c2ccc(C(=O)N3CCN(Cc4cccs4)CC3)cc2)n1. The van der Waals surface area contributed by atoms with Gasteiger partial charge in [-0.2, -0.15) is 0 Å². The van der Waals surface area contributed by atoms with Crippen LogP contribution in [0.15, 0.2) is 60.0 Å². The Kier molecular flexibility index (Phi) is 5.32. The molecule has 1 aromatic carbocycles. The summed E-state index contributed by atoms with van der Waals surface area (Å²) < 4.78 is 0. The fourth-order valence-corrected chi connectivity index (χ4v) is 4.15. The highest BCUT2D eigenvalue weighted by atomic mass is 32.1. The maximum absolute atomic E-state index is 12.8. The van der Waals surface area contributed by atoms with Crippen LogP contribution >= 0.6 is 11.3 Å². The number of carbonyl (C=O) groups is 1. The fraction of sp³-hybridized carbons (Fsp3) is 0.273. The van der Waals surface area contributed by atoms with Gasteiger partial charge in [-0.25, -0.2) is 0 Å². The van der Waals surface area contributed by atoms with E-state index in [-0.39, 0.29) is 5.91 Å². The van der Waals surface area contributed by atoms with E-state index in [0.717, 1.165) is 55.2 Å². The number of piperazine rings is 1. The van der Waals surface area contributed by atoms with Crippen molar-refractivity contribution < 1.29 is 4.79 Å². The average Bonchev–Trinajstić information content (AvgIpc) is 3.21. The van der Waals surface area contributed by atoms with E-state index in [0.29, 0.717) is 0 Å². The van der Waals surface area contributed by atoms with Gasteiger partial charge < -0.3 is 4.90 Å². The number of rotatable bonds is 4. The molecule has 0 unspecified atom stereocenters. The molecule has 4 rings (SSSR count). The van der Waals surface area contributed by atoms with E-state index in [1.54, 1.807) is 11.3 Å². The number of pyridine rings is 1. The van der Waals surface area contributed by atoms with Crippen molar-refractivity contribution in [2.45, 2.75) is 13.5 Å². The largest absolute Gasteiger partial charge is 0.336 e. The van der Waals surface area contributed by atoms with Crippen LogP contribution in [0.2, 0.25) is 0 Å². The van der Waals surface area contributed by atoms with Crippen LogP contribution in [-0.4, -0.2) is 46.9 Å². The van der Waals surface area contributed by atoms with Gasteiger partial charge in [-0.15, -0.1) is 11.3 Å². The summed E-state index contributed by atoms with van der Waals surface area (Å²) in [5.74, 6) is 0.120. The van der Waals surface area contributed by atoms with E-state index in [9.17, 15) is 4.79 Å². The first kappa shape index (κ1) is 17.9. The van der Waals surface area contributed by atoms with Gasteiger partial charge in [0, 0.05) is 54.4 Å². The number of benzene rings is 1. The van der Waals surface area contributed by atoms with E-state index >= 15 is 0 Å². The highest BCUT2D eigenvalue weighted by Gasteiger charge is 2.22. The van der Waals surface area contributed by atoms with Crippen molar-refractivity contribution in [1.29, 1.82) is 0 Å². The van der Waals surface area contributed by atoms with Gasteiger partial charge in [-0.1, -0.05) is 24.3 Å². The molecule has 138 valence electrons. The minimum absolute atomic E-state index is 0.120. The van der Waals surface area contributed by atoms with Crippen molar-refractivity contribution >= 4 is 17.2 Å². The Morgan fingerprint density at radius 2 is 1.78 bits per heavy atom. The van der Waals surface area contributed by atoms with Crippen LogP contribution < -0.4 is 0 Å². The van der Waals surface area contributed by atoms with Crippen LogP contribution in [0.5, 0.6) is 0 Å². The van der Waals surface area contributed by atoms with Crippen molar-refractivity contribution in [1.82, 2.24) is 14.8 Å². The summed E-state index contributed by atoms with van der Waals surface area (Å²) in [4.78, 5) is 23.1. The quantitative estimate of drug-likeness (QED) is 0.687. The van der Waals surface area contributed by atoms with Gasteiger partial charge in [0.25, 0.3) is 5.91 Å². The fourth-order valence-electron chi connectivity index (χ4n) is 3.40. The lowest BCUT2D eigenvalue weighted by atomic mass is 10.1. The van der Waals surface area contributed by atoms with Crippen LogP contribution in [0.25, 0.3) is 11.3 Å². The third-order valence-electron chi connectivity index (χ3n) is 4.93. The number of amides is 1. The summed E-state index contributed by atoms with van der Waals surface area (Å²) in [6.07, 6.45) is 0. The summed E-state index contributed by atoms with van der Waals surface area (Å²) in [7, 11) is 0. The number of aryl methyl sites for hydroxylation is 1. The summed E-state index contributed by atoms with van der Waals surface area (Å²) >= 11 is 1.79. The molecule has 1 saturated heterocycles. The third-order valence-corrected chi connectivity index (χ3v) is 5.80. The Hall–Kier alpha value is -2.50. The molecular formula is C22H23N3OS. The predicted octanol–water partition coefficient (Wildman–Crippen LogP) is 4.08. The molecular weight excluding hydrogens is 354 g/mol. The first-order chi connectivity index (χ1) is 13.2. The van der Waals surface area contributed by atoms with Gasteiger partial charge in [0.05, 0.1) is 5.69 Å². The second-order valence-electron chi connectivity index (χ2n) is 6.89. The van der Waals surface area contributed by atoms with E-state index in [1.807, 2.05) is 54.3 Å². The van der Waals surface area contributed by atoms with Crippen LogP contribution in [0.3, 0.4) is 0 Å². The molecule has 1 aliphatic heterocycles. The second-order valence-corrected chi connectivity index (χ2v) is 7.92. The molecule has 0 saturated carbocycles. The topological polar surface area (TPSA) is 36.4 Å². The van der Waals surface area contributed by atoms with Gasteiger partial charge in [-0.3, -0.25) is 14.7 Å². The van der Waals surface area contributed by atoms with Crippen LogP contribution in [0.4, 0.5) is 0 Å². The highest BCUT2D eigenvalue weighted by molar-refractivity contribution is 7.09. The monoisotopic (exact) mass is 377 g/mol. The normalized spacial score (nSPS) is 15.1. The maximum Gasteiger partial charge on any atom is 0.253 e. The Labute approximate surface area is 164 Å². The number of carbonyl (C=O) groups excluding carboxylic acids is 1. The predicted molar refractivity (Wildman–Crippen MR) is 110 cm³/mol. The zero-order valence-electron chi connectivity index (χ0n) is 15.5. The molecule has 5 heteroatoms. The summed E-state index contributed by atoms with van der Waals surface area (Å²) in [5, 5.41) is 2.12. The summed E-state index contributed by atoms with van der Waals surface area (Å²) in [6, 6.07) is 18.1. The molecule has 0 radical (unpaired) electrons. The van der Waals surface area contributed by atoms with Crippen molar-refractivity contribution in [3.63, 3.8) is 0 Å². The summed E-state index contributed by atoms with van der Waals surface area (Å²) in [6.45, 7) is 6.39. The van der Waals surface area contributed by atoms with Crippen molar-refractivity contribution in [2.24, 2.45) is 0 Å². The van der Waals surface area contributed by atoms with Gasteiger partial charge in [0.15, 0.2) is 0 Å². The van der Waals surface area contributed by atoms with Crippen LogP contribution in [0, 0.1) is 6.92 Å². The standard InChI is InChI=1S/C22H23N3OS/c1-17-4-2-6-21(23-17)18-7-9-19(10-8-18)22(26)25-13-11-24(12-14-25)16-20-5-3-15-27-20/h2-10,15H,11-14,16H2,1H3. The van der Waals surface area contributed by atoms with E-state index in [2.05, 4.69) is 27.4 Å². The number of hydrogen-bond donors (Lipinski definition) is 0. The Morgan fingerprint density at radius 3 is 2.44 bits per heavy atom. The molecule has 0 bridgehead atoms. The first-order valence-corrected chi connectivity index (χ1v) is 10.1. The van der Waals surface area contributed by atoms with E-state index in [1.165, 1.54) is 4.88 Å². The lowest BCUT2D eigenvalue weighted by Crippen LogP contribution is -2.48. The lowest BCUT2D eigenvalue weighted by molar-refractivity contribution is 0.0629. The molecule has 3 aromatic rings. The molecule has 0 spiro atoms. The number of nitrogens with zero attached hydrogens (tertiary/aromatic N) is 3. The van der Waals surface area contributed by atoms with Gasteiger partial charge in [0.2, 0.25) is 0 Å². The molecule has 0 atom stereocenters. The number of hydrogen-bond acceptors (Lipinski definition) is 4. The van der Waals surface area contributed by atoms with Crippen molar-refractivity contribution in [3.8, 4) is 11.3 Å². The van der Waals surface area contributed by atoms with E-state index in [4.69, 9.17) is 0 Å². The number of thiophene rings is 1. The number of aromatic nitrogens is 1. The molecule has 27 heavy (non-hydrogen) atoms. The van der Waals surface area contributed by atoms with Crippen LogP contribution in [0.1, 0.15) is 20.9 Å². The van der Waals surface area contributed by atoms with Gasteiger partial charge in [-0.05, 0) is 42.6 Å². The molecule has 1 aliphatic rings. The minimum Gasteiger partial charge on any atom is -0.336 e. The zero-order chi connectivity index (χ0) is 18.6. The molecule has 2 aromatic heterocycles. The molecule has 0 N–H and O–H groups in total.